The Bertz CT molecular complexity index is 615. The Balaban J connectivity index is 0.00000312. The second-order valence-electron chi connectivity index (χ2n) is 7.14. The maximum Gasteiger partial charge on any atom is 0.242 e. The number of halogens is 2. The summed E-state index contributed by atoms with van der Waals surface area (Å²) in [6, 6.07) is 8.29. The lowest BCUT2D eigenvalue weighted by atomic mass is 10.1. The standard InChI is InChI=1S/C18H27ClN4O.HI/c1-5-20-17(21-11-16(24)23-18(2,3)4)22-15-10-14(15)12-7-6-8-13(19)9-12;/h6-9,14-15H,5,10-11H2,1-4H3,(H,23,24)(H2,20,21,22);1H. The molecule has 3 N–H and O–H groups in total. The number of nitrogens with one attached hydrogen (secondary N) is 3. The van der Waals surface area contributed by atoms with Crippen molar-refractivity contribution in [1.82, 2.24) is 16.0 Å². The molecule has 140 valence electrons. The molecule has 0 spiro atoms. The van der Waals surface area contributed by atoms with Gasteiger partial charge in [-0.05, 0) is 51.8 Å². The zero-order valence-corrected chi connectivity index (χ0v) is 18.3. The molecule has 25 heavy (non-hydrogen) atoms. The highest BCUT2D eigenvalue weighted by Crippen LogP contribution is 2.41. The van der Waals surface area contributed by atoms with Gasteiger partial charge in [0.25, 0.3) is 0 Å². The number of amides is 1. The van der Waals surface area contributed by atoms with E-state index in [4.69, 9.17) is 11.6 Å². The van der Waals surface area contributed by atoms with Crippen molar-refractivity contribution in [2.75, 3.05) is 13.1 Å². The molecular formula is C18H28ClIN4O. The molecule has 0 saturated heterocycles. The van der Waals surface area contributed by atoms with Gasteiger partial charge in [-0.25, -0.2) is 4.99 Å². The quantitative estimate of drug-likeness (QED) is 0.346. The van der Waals surface area contributed by atoms with E-state index in [0.29, 0.717) is 17.9 Å². The van der Waals surface area contributed by atoms with E-state index < -0.39 is 0 Å². The van der Waals surface area contributed by atoms with Crippen molar-refractivity contribution in [3.63, 3.8) is 0 Å². The van der Waals surface area contributed by atoms with Crippen LogP contribution in [-0.2, 0) is 4.79 Å². The maximum absolute atomic E-state index is 11.9. The Morgan fingerprint density at radius 3 is 2.68 bits per heavy atom. The first-order chi connectivity index (χ1) is 11.3. The summed E-state index contributed by atoms with van der Waals surface area (Å²) < 4.78 is 0. The van der Waals surface area contributed by atoms with Gasteiger partial charge in [0.1, 0.15) is 6.54 Å². The van der Waals surface area contributed by atoms with Crippen molar-refractivity contribution in [3.8, 4) is 0 Å². The van der Waals surface area contributed by atoms with Gasteiger partial charge in [-0.2, -0.15) is 0 Å². The SMILES string of the molecule is CCNC(=NCC(=O)NC(C)(C)C)NC1CC1c1cccc(Cl)c1.I. The summed E-state index contributed by atoms with van der Waals surface area (Å²) in [6.07, 6.45) is 1.04. The lowest BCUT2D eigenvalue weighted by Gasteiger charge is -2.20. The van der Waals surface area contributed by atoms with E-state index in [2.05, 4.69) is 27.0 Å². The van der Waals surface area contributed by atoms with Gasteiger partial charge in [0.05, 0.1) is 0 Å². The minimum atomic E-state index is -0.244. The third-order valence-corrected chi connectivity index (χ3v) is 3.86. The summed E-state index contributed by atoms with van der Waals surface area (Å²) in [6.45, 7) is 8.74. The van der Waals surface area contributed by atoms with Gasteiger partial charge in [0.2, 0.25) is 5.91 Å². The molecule has 1 aromatic carbocycles. The summed E-state index contributed by atoms with van der Waals surface area (Å²) in [5.41, 5.74) is 0.994. The van der Waals surface area contributed by atoms with Crippen LogP contribution in [0.5, 0.6) is 0 Å². The van der Waals surface area contributed by atoms with E-state index in [9.17, 15) is 4.79 Å². The number of benzene rings is 1. The first-order valence-corrected chi connectivity index (χ1v) is 8.77. The van der Waals surface area contributed by atoms with E-state index in [1.165, 1.54) is 5.56 Å². The van der Waals surface area contributed by atoms with Crippen molar-refractivity contribution in [2.45, 2.75) is 51.6 Å². The molecule has 1 aliphatic rings. The minimum absolute atomic E-state index is 0. The largest absolute Gasteiger partial charge is 0.357 e. The molecular weight excluding hydrogens is 451 g/mol. The maximum atomic E-state index is 11.9. The third kappa shape index (κ3) is 7.81. The monoisotopic (exact) mass is 478 g/mol. The van der Waals surface area contributed by atoms with Gasteiger partial charge in [0.15, 0.2) is 5.96 Å². The van der Waals surface area contributed by atoms with Crippen LogP contribution in [0.4, 0.5) is 0 Å². The van der Waals surface area contributed by atoms with Gasteiger partial charge >= 0.3 is 0 Å². The number of nitrogens with zero attached hydrogens (tertiary/aromatic N) is 1. The van der Waals surface area contributed by atoms with Crippen molar-refractivity contribution in [1.29, 1.82) is 0 Å². The van der Waals surface area contributed by atoms with Crippen LogP contribution in [0, 0.1) is 0 Å². The van der Waals surface area contributed by atoms with Crippen LogP contribution in [0.2, 0.25) is 5.02 Å². The summed E-state index contributed by atoms with van der Waals surface area (Å²) in [5, 5.41) is 10.3. The fourth-order valence-electron chi connectivity index (χ4n) is 2.56. The predicted molar refractivity (Wildman–Crippen MR) is 115 cm³/mol. The molecule has 2 unspecified atom stereocenters. The van der Waals surface area contributed by atoms with Crippen molar-refractivity contribution < 1.29 is 4.79 Å². The smallest absolute Gasteiger partial charge is 0.242 e. The first-order valence-electron chi connectivity index (χ1n) is 8.40. The molecule has 1 aromatic rings. The third-order valence-electron chi connectivity index (χ3n) is 3.63. The van der Waals surface area contributed by atoms with Gasteiger partial charge < -0.3 is 16.0 Å². The molecule has 0 heterocycles. The molecule has 1 aliphatic carbocycles. The van der Waals surface area contributed by atoms with E-state index in [-0.39, 0.29) is 42.0 Å². The van der Waals surface area contributed by atoms with E-state index in [0.717, 1.165) is 18.0 Å². The Kier molecular flexibility index (Phi) is 8.47. The number of hydrogen-bond acceptors (Lipinski definition) is 2. The molecule has 1 saturated carbocycles. The fourth-order valence-corrected chi connectivity index (χ4v) is 2.76. The van der Waals surface area contributed by atoms with E-state index in [1.807, 2.05) is 45.9 Å². The van der Waals surface area contributed by atoms with Gasteiger partial charge in [-0.15, -0.1) is 24.0 Å². The highest BCUT2D eigenvalue weighted by Gasteiger charge is 2.39. The predicted octanol–water partition coefficient (Wildman–Crippen LogP) is 3.28. The number of aliphatic imine (C=N–C) groups is 1. The van der Waals surface area contributed by atoms with Crippen LogP contribution in [-0.4, -0.2) is 36.5 Å². The molecule has 7 heteroatoms. The number of carbonyl (C=O) groups is 1. The molecule has 0 aliphatic heterocycles. The zero-order chi connectivity index (χ0) is 17.7. The average molecular weight is 479 g/mol. The van der Waals surface area contributed by atoms with E-state index >= 15 is 0 Å². The Labute approximate surface area is 172 Å². The van der Waals surface area contributed by atoms with Crippen molar-refractivity contribution >= 4 is 47.4 Å². The molecule has 0 aromatic heterocycles. The molecule has 2 atom stereocenters. The molecule has 0 bridgehead atoms. The Morgan fingerprint density at radius 1 is 1.36 bits per heavy atom. The molecule has 2 rings (SSSR count). The van der Waals surface area contributed by atoms with Gasteiger partial charge in [0, 0.05) is 29.1 Å². The topological polar surface area (TPSA) is 65.5 Å². The normalized spacial score (nSPS) is 19.6. The molecule has 0 radical (unpaired) electrons. The van der Waals surface area contributed by atoms with Crippen molar-refractivity contribution in [3.05, 3.63) is 34.9 Å². The molecule has 5 nitrogen and oxygen atoms in total. The Hall–Kier alpha value is -1.02. The highest BCUT2D eigenvalue weighted by molar-refractivity contribution is 14.0. The van der Waals surface area contributed by atoms with Crippen molar-refractivity contribution in [2.24, 2.45) is 4.99 Å². The van der Waals surface area contributed by atoms with Crippen LogP contribution in [0.3, 0.4) is 0 Å². The lowest BCUT2D eigenvalue weighted by molar-refractivity contribution is -0.121. The minimum Gasteiger partial charge on any atom is -0.357 e. The molecule has 1 amide bonds. The van der Waals surface area contributed by atoms with Crippen LogP contribution >= 0.6 is 35.6 Å². The second-order valence-corrected chi connectivity index (χ2v) is 7.58. The first kappa shape index (κ1) is 22.0. The lowest BCUT2D eigenvalue weighted by Crippen LogP contribution is -2.43. The summed E-state index contributed by atoms with van der Waals surface area (Å²) in [5.74, 6) is 1.04. The van der Waals surface area contributed by atoms with Crippen LogP contribution in [0.25, 0.3) is 0 Å². The molecule has 1 fully saturated rings. The van der Waals surface area contributed by atoms with Crippen LogP contribution in [0.1, 0.15) is 45.6 Å². The summed E-state index contributed by atoms with van der Waals surface area (Å²) in [4.78, 5) is 16.3. The fraction of sp³-hybridized carbons (Fsp3) is 0.556. The van der Waals surface area contributed by atoms with E-state index in [1.54, 1.807) is 0 Å². The highest BCUT2D eigenvalue weighted by atomic mass is 127. The number of carbonyl (C=O) groups excluding carboxylic acids is 1. The van der Waals surface area contributed by atoms with Crippen LogP contribution in [0.15, 0.2) is 29.3 Å². The number of guanidine groups is 1. The van der Waals surface area contributed by atoms with Gasteiger partial charge in [-0.3, -0.25) is 4.79 Å². The number of rotatable bonds is 5. The second kappa shape index (κ2) is 9.62. The summed E-state index contributed by atoms with van der Waals surface area (Å²) >= 11 is 6.06. The Morgan fingerprint density at radius 2 is 2.08 bits per heavy atom. The van der Waals surface area contributed by atoms with Gasteiger partial charge in [-0.1, -0.05) is 23.7 Å². The van der Waals surface area contributed by atoms with Crippen LogP contribution < -0.4 is 16.0 Å². The summed E-state index contributed by atoms with van der Waals surface area (Å²) in [7, 11) is 0. The zero-order valence-electron chi connectivity index (χ0n) is 15.2. The number of hydrogen-bond donors (Lipinski definition) is 3. The average Bonchev–Trinajstić information content (AvgIpc) is 3.22.